The van der Waals surface area contributed by atoms with Crippen molar-refractivity contribution < 1.29 is 14.3 Å². The van der Waals surface area contributed by atoms with Crippen molar-refractivity contribution in [2.45, 2.75) is 32.8 Å². The molecule has 0 saturated carbocycles. The smallest absolute Gasteiger partial charge is 0.250 e. The number of nitrogens with one attached hydrogen (secondary N) is 1. The normalized spacial score (nSPS) is 17.2. The molecule has 1 unspecified atom stereocenters. The van der Waals surface area contributed by atoms with Gasteiger partial charge in [0.25, 0.3) is 0 Å². The Morgan fingerprint density at radius 1 is 1.36 bits per heavy atom. The predicted molar refractivity (Wildman–Crippen MR) is 98.0 cm³/mol. The van der Waals surface area contributed by atoms with Gasteiger partial charge in [-0.25, -0.2) is 0 Å². The lowest BCUT2D eigenvalue weighted by Gasteiger charge is -2.08. The van der Waals surface area contributed by atoms with Gasteiger partial charge in [0.1, 0.15) is 16.9 Å². The van der Waals surface area contributed by atoms with Crippen LogP contribution < -0.4 is 10.1 Å². The van der Waals surface area contributed by atoms with Crippen molar-refractivity contribution in [3.63, 3.8) is 0 Å². The monoisotopic (exact) mass is 359 g/mol. The zero-order chi connectivity index (χ0) is 17.8. The minimum Gasteiger partial charge on any atom is -0.497 e. The van der Waals surface area contributed by atoms with E-state index in [1.54, 1.807) is 7.11 Å². The molecule has 25 heavy (non-hydrogen) atoms. The van der Waals surface area contributed by atoms with Gasteiger partial charge in [0.2, 0.25) is 11.0 Å². The number of hydrogen-bond acceptors (Lipinski definition) is 6. The van der Waals surface area contributed by atoms with Crippen molar-refractivity contribution in [3.8, 4) is 5.75 Å². The number of anilines is 1. The molecule has 132 valence electrons. The fourth-order valence-corrected chi connectivity index (χ4v) is 3.64. The van der Waals surface area contributed by atoms with Crippen molar-refractivity contribution in [1.29, 1.82) is 0 Å². The molecule has 6 nitrogen and oxygen atoms in total. The first-order valence-corrected chi connectivity index (χ1v) is 8.98. The summed E-state index contributed by atoms with van der Waals surface area (Å²) >= 11 is 1.36. The molecule has 1 saturated heterocycles. The second-order valence-electron chi connectivity index (χ2n) is 5.94. The number of rotatable bonds is 5. The third-order valence-electron chi connectivity index (χ3n) is 4.08. The van der Waals surface area contributed by atoms with E-state index in [0.29, 0.717) is 5.13 Å². The summed E-state index contributed by atoms with van der Waals surface area (Å²) in [6.07, 6.45) is 5.33. The van der Waals surface area contributed by atoms with Crippen LogP contribution in [0.3, 0.4) is 0 Å². The molecule has 3 rings (SSSR count). The Morgan fingerprint density at radius 2 is 2.12 bits per heavy atom. The van der Waals surface area contributed by atoms with Gasteiger partial charge in [-0.2, -0.15) is 0 Å². The second kappa shape index (κ2) is 7.76. The quantitative estimate of drug-likeness (QED) is 0.825. The van der Waals surface area contributed by atoms with Crippen molar-refractivity contribution in [1.82, 2.24) is 10.2 Å². The van der Waals surface area contributed by atoms with Gasteiger partial charge in [-0.05, 0) is 61.6 Å². The number of carbonyl (C=O) groups is 1. The minimum atomic E-state index is -0.232. The molecule has 1 atom stereocenters. The molecular weight excluding hydrogens is 338 g/mol. The molecule has 0 bridgehead atoms. The zero-order valence-electron chi connectivity index (χ0n) is 14.5. The summed E-state index contributed by atoms with van der Waals surface area (Å²) < 4.78 is 10.8. The van der Waals surface area contributed by atoms with E-state index in [0.717, 1.165) is 46.9 Å². The highest BCUT2D eigenvalue weighted by molar-refractivity contribution is 7.15. The van der Waals surface area contributed by atoms with E-state index >= 15 is 0 Å². The Balaban J connectivity index is 1.65. The molecule has 1 aliphatic heterocycles. The summed E-state index contributed by atoms with van der Waals surface area (Å²) in [5.74, 6) is 0.580. The fourth-order valence-electron chi connectivity index (χ4n) is 2.81. The number of aryl methyl sites for hydroxylation is 2. The summed E-state index contributed by atoms with van der Waals surface area (Å²) in [7, 11) is 1.64. The number of amides is 1. The first-order valence-electron chi connectivity index (χ1n) is 8.16. The van der Waals surface area contributed by atoms with Crippen LogP contribution >= 0.6 is 11.3 Å². The number of carbonyl (C=O) groups excluding carboxylic acids is 1. The van der Waals surface area contributed by atoms with E-state index in [4.69, 9.17) is 9.47 Å². The first-order chi connectivity index (χ1) is 12.1. The third-order valence-corrected chi connectivity index (χ3v) is 5.01. The SMILES string of the molecule is COc1cc(C)c(/C=C/C(=O)Nc2nnc(C3CCCO3)s2)c(C)c1. The van der Waals surface area contributed by atoms with Gasteiger partial charge in [-0.1, -0.05) is 11.3 Å². The highest BCUT2D eigenvalue weighted by Gasteiger charge is 2.22. The summed E-state index contributed by atoms with van der Waals surface area (Å²) in [4.78, 5) is 12.1. The molecule has 1 aromatic carbocycles. The van der Waals surface area contributed by atoms with E-state index in [1.807, 2.05) is 32.1 Å². The number of ether oxygens (including phenoxy) is 2. The molecule has 0 aliphatic carbocycles. The van der Waals surface area contributed by atoms with Gasteiger partial charge in [-0.3, -0.25) is 10.1 Å². The Hall–Kier alpha value is -2.25. The Kier molecular flexibility index (Phi) is 5.45. The Bertz CT molecular complexity index is 772. The maximum Gasteiger partial charge on any atom is 0.250 e. The maximum atomic E-state index is 12.1. The van der Waals surface area contributed by atoms with Crippen LogP contribution in [0.5, 0.6) is 5.75 Å². The predicted octanol–water partition coefficient (Wildman–Crippen LogP) is 3.67. The standard InChI is InChI=1S/C18H21N3O3S/c1-11-9-13(23-3)10-12(2)14(11)6-7-16(22)19-18-21-20-17(25-18)15-5-4-8-24-15/h6-7,9-10,15H,4-5,8H2,1-3H3,(H,19,21,22)/b7-6+. The lowest BCUT2D eigenvalue weighted by atomic mass is 10.0. The van der Waals surface area contributed by atoms with E-state index in [-0.39, 0.29) is 12.0 Å². The van der Waals surface area contributed by atoms with Crippen LogP contribution in [-0.2, 0) is 9.53 Å². The third kappa shape index (κ3) is 4.24. The summed E-state index contributed by atoms with van der Waals surface area (Å²) in [5.41, 5.74) is 3.11. The number of methoxy groups -OCH3 is 1. The average molecular weight is 359 g/mol. The van der Waals surface area contributed by atoms with Crippen LogP contribution in [0.1, 0.15) is 40.6 Å². The fraction of sp³-hybridized carbons (Fsp3) is 0.389. The van der Waals surface area contributed by atoms with E-state index < -0.39 is 0 Å². The van der Waals surface area contributed by atoms with Gasteiger partial charge < -0.3 is 9.47 Å². The first kappa shape index (κ1) is 17.6. The van der Waals surface area contributed by atoms with Crippen LogP contribution in [0.2, 0.25) is 0 Å². The average Bonchev–Trinajstić information content (AvgIpc) is 3.25. The number of benzene rings is 1. The zero-order valence-corrected chi connectivity index (χ0v) is 15.4. The second-order valence-corrected chi connectivity index (χ2v) is 6.95. The van der Waals surface area contributed by atoms with Crippen molar-refractivity contribution in [3.05, 3.63) is 39.9 Å². The van der Waals surface area contributed by atoms with Crippen molar-refractivity contribution >= 4 is 28.5 Å². The topological polar surface area (TPSA) is 73.3 Å². The van der Waals surface area contributed by atoms with Crippen molar-refractivity contribution in [2.75, 3.05) is 19.0 Å². The Morgan fingerprint density at radius 3 is 2.76 bits per heavy atom. The van der Waals surface area contributed by atoms with Gasteiger partial charge in [0.15, 0.2) is 0 Å². The number of aromatic nitrogens is 2. The van der Waals surface area contributed by atoms with Crippen LogP contribution in [0, 0.1) is 13.8 Å². The molecule has 1 amide bonds. The molecule has 1 aromatic heterocycles. The number of hydrogen-bond donors (Lipinski definition) is 1. The number of nitrogens with zero attached hydrogens (tertiary/aromatic N) is 2. The van der Waals surface area contributed by atoms with E-state index in [2.05, 4.69) is 15.5 Å². The van der Waals surface area contributed by atoms with Gasteiger partial charge in [0, 0.05) is 12.7 Å². The van der Waals surface area contributed by atoms with Crippen LogP contribution in [-0.4, -0.2) is 29.8 Å². The maximum absolute atomic E-state index is 12.1. The lowest BCUT2D eigenvalue weighted by Crippen LogP contribution is -2.07. The highest BCUT2D eigenvalue weighted by Crippen LogP contribution is 2.31. The van der Waals surface area contributed by atoms with Crippen LogP contribution in [0.4, 0.5) is 5.13 Å². The molecule has 0 radical (unpaired) electrons. The molecule has 7 heteroatoms. The summed E-state index contributed by atoms with van der Waals surface area (Å²) in [6.45, 7) is 4.74. The molecule has 1 aliphatic rings. The van der Waals surface area contributed by atoms with Crippen molar-refractivity contribution in [2.24, 2.45) is 0 Å². The van der Waals surface area contributed by atoms with Crippen LogP contribution in [0.15, 0.2) is 18.2 Å². The summed E-state index contributed by atoms with van der Waals surface area (Å²) in [6, 6.07) is 3.90. The van der Waals surface area contributed by atoms with Gasteiger partial charge in [0.05, 0.1) is 7.11 Å². The van der Waals surface area contributed by atoms with Crippen LogP contribution in [0.25, 0.3) is 6.08 Å². The highest BCUT2D eigenvalue weighted by atomic mass is 32.1. The molecule has 1 N–H and O–H groups in total. The molecule has 2 aromatic rings. The van der Waals surface area contributed by atoms with Gasteiger partial charge in [-0.15, -0.1) is 10.2 Å². The Labute approximate surface area is 150 Å². The summed E-state index contributed by atoms with van der Waals surface area (Å²) in [5, 5.41) is 12.2. The van der Waals surface area contributed by atoms with Gasteiger partial charge >= 0.3 is 0 Å². The van der Waals surface area contributed by atoms with E-state index in [9.17, 15) is 4.79 Å². The molecule has 1 fully saturated rings. The minimum absolute atomic E-state index is 0.0169. The molecular formula is C18H21N3O3S. The van der Waals surface area contributed by atoms with E-state index in [1.165, 1.54) is 17.4 Å². The largest absolute Gasteiger partial charge is 0.497 e. The molecule has 0 spiro atoms. The molecule has 2 heterocycles. The lowest BCUT2D eigenvalue weighted by molar-refractivity contribution is -0.111.